The quantitative estimate of drug-likeness (QED) is 0.874. The molecule has 0 aliphatic rings. The first-order chi connectivity index (χ1) is 8.75. The lowest BCUT2D eigenvalue weighted by Gasteiger charge is -2.11. The summed E-state index contributed by atoms with van der Waals surface area (Å²) in [6.45, 7) is 2.72. The molecule has 0 aliphatic carbocycles. The molecule has 3 heteroatoms. The Kier molecular flexibility index (Phi) is 4.53. The van der Waals surface area contributed by atoms with E-state index >= 15 is 0 Å². The molecular weight excluding hydrogens is 242 g/mol. The summed E-state index contributed by atoms with van der Waals surface area (Å²) >= 11 is 1.67. The van der Waals surface area contributed by atoms with Crippen LogP contribution in [0.1, 0.15) is 29.7 Å². The molecule has 0 aliphatic heterocycles. The molecule has 2 rings (SSSR count). The number of amides is 1. The summed E-state index contributed by atoms with van der Waals surface area (Å²) in [4.78, 5) is 13.0. The molecule has 1 aromatic heterocycles. The monoisotopic (exact) mass is 259 g/mol. The molecule has 0 spiro atoms. The maximum Gasteiger partial charge on any atom is 0.220 e. The third-order valence-electron chi connectivity index (χ3n) is 2.90. The highest BCUT2D eigenvalue weighted by atomic mass is 32.1. The summed E-state index contributed by atoms with van der Waals surface area (Å²) in [6.07, 6.45) is 0.537. The van der Waals surface area contributed by atoms with Gasteiger partial charge in [-0.15, -0.1) is 11.3 Å². The van der Waals surface area contributed by atoms with Gasteiger partial charge in [0.05, 0.1) is 6.54 Å². The Morgan fingerprint density at radius 2 is 2.00 bits per heavy atom. The number of carbonyl (C=O) groups excluding carboxylic acids is 1. The highest BCUT2D eigenvalue weighted by Gasteiger charge is 2.10. The molecule has 0 saturated heterocycles. The summed E-state index contributed by atoms with van der Waals surface area (Å²) in [6, 6.07) is 14.2. The molecule has 2 aromatic rings. The Hall–Kier alpha value is -1.61. The van der Waals surface area contributed by atoms with Crippen molar-refractivity contribution in [2.24, 2.45) is 0 Å². The smallest absolute Gasteiger partial charge is 0.220 e. The third kappa shape index (κ3) is 3.70. The lowest BCUT2D eigenvalue weighted by Crippen LogP contribution is -2.23. The molecule has 1 unspecified atom stereocenters. The van der Waals surface area contributed by atoms with Crippen LogP contribution in [-0.2, 0) is 11.3 Å². The van der Waals surface area contributed by atoms with Crippen LogP contribution in [0.4, 0.5) is 0 Å². The van der Waals surface area contributed by atoms with E-state index in [0.29, 0.717) is 13.0 Å². The zero-order chi connectivity index (χ0) is 12.8. The van der Waals surface area contributed by atoms with Crippen molar-refractivity contribution in [3.8, 4) is 0 Å². The van der Waals surface area contributed by atoms with Gasteiger partial charge in [-0.2, -0.15) is 0 Å². The second-order valence-corrected chi connectivity index (χ2v) is 5.40. The van der Waals surface area contributed by atoms with Gasteiger partial charge >= 0.3 is 0 Å². The van der Waals surface area contributed by atoms with Crippen molar-refractivity contribution in [2.75, 3.05) is 0 Å². The third-order valence-corrected chi connectivity index (χ3v) is 3.78. The van der Waals surface area contributed by atoms with Gasteiger partial charge in [0, 0.05) is 11.3 Å². The first kappa shape index (κ1) is 12.8. The highest BCUT2D eigenvalue weighted by Crippen LogP contribution is 2.18. The highest BCUT2D eigenvalue weighted by molar-refractivity contribution is 7.09. The van der Waals surface area contributed by atoms with Crippen LogP contribution >= 0.6 is 11.3 Å². The molecule has 1 aromatic carbocycles. The predicted octanol–water partition coefficient (Wildman–Crippen LogP) is 3.56. The van der Waals surface area contributed by atoms with Crippen molar-refractivity contribution in [1.82, 2.24) is 5.32 Å². The maximum absolute atomic E-state index is 11.8. The lowest BCUT2D eigenvalue weighted by atomic mass is 9.98. The molecule has 0 fully saturated rings. The summed E-state index contributed by atoms with van der Waals surface area (Å²) in [5, 5.41) is 4.98. The molecular formula is C15H17NOS. The second-order valence-electron chi connectivity index (χ2n) is 4.37. The maximum atomic E-state index is 11.8. The molecule has 18 heavy (non-hydrogen) atoms. The molecule has 1 amide bonds. The summed E-state index contributed by atoms with van der Waals surface area (Å²) in [7, 11) is 0. The minimum atomic E-state index is 0.111. The van der Waals surface area contributed by atoms with Crippen molar-refractivity contribution in [3.05, 3.63) is 58.3 Å². The first-order valence-corrected chi connectivity index (χ1v) is 6.97. The number of carbonyl (C=O) groups is 1. The van der Waals surface area contributed by atoms with Gasteiger partial charge in [0.15, 0.2) is 0 Å². The van der Waals surface area contributed by atoms with Crippen molar-refractivity contribution in [2.45, 2.75) is 25.8 Å². The van der Waals surface area contributed by atoms with E-state index in [1.807, 2.05) is 35.7 Å². The zero-order valence-corrected chi connectivity index (χ0v) is 11.2. The lowest BCUT2D eigenvalue weighted by molar-refractivity contribution is -0.121. The molecule has 1 atom stereocenters. The van der Waals surface area contributed by atoms with Gasteiger partial charge in [0.2, 0.25) is 5.91 Å². The number of nitrogens with one attached hydrogen (secondary N) is 1. The molecule has 2 nitrogen and oxygen atoms in total. The van der Waals surface area contributed by atoms with Crippen LogP contribution in [0.5, 0.6) is 0 Å². The Bertz CT molecular complexity index is 478. The van der Waals surface area contributed by atoms with E-state index in [9.17, 15) is 4.79 Å². The molecule has 94 valence electrons. The normalized spacial score (nSPS) is 12.1. The Balaban J connectivity index is 1.80. The fourth-order valence-electron chi connectivity index (χ4n) is 1.85. The molecule has 1 heterocycles. The minimum Gasteiger partial charge on any atom is -0.351 e. The average Bonchev–Trinajstić information content (AvgIpc) is 2.90. The summed E-state index contributed by atoms with van der Waals surface area (Å²) < 4.78 is 0. The SMILES string of the molecule is CC(CC(=O)NCc1cccs1)c1ccccc1. The molecule has 1 N–H and O–H groups in total. The fraction of sp³-hybridized carbons (Fsp3) is 0.267. The van der Waals surface area contributed by atoms with Gasteiger partial charge < -0.3 is 5.32 Å². The topological polar surface area (TPSA) is 29.1 Å². The largest absolute Gasteiger partial charge is 0.351 e. The Morgan fingerprint density at radius 1 is 1.22 bits per heavy atom. The summed E-state index contributed by atoms with van der Waals surface area (Å²) in [5.74, 6) is 0.370. The number of hydrogen-bond donors (Lipinski definition) is 1. The van der Waals surface area contributed by atoms with Gasteiger partial charge in [0.25, 0.3) is 0 Å². The summed E-state index contributed by atoms with van der Waals surface area (Å²) in [5.41, 5.74) is 1.21. The van der Waals surface area contributed by atoms with Crippen molar-refractivity contribution in [1.29, 1.82) is 0 Å². The number of rotatable bonds is 5. The van der Waals surface area contributed by atoms with Crippen LogP contribution in [0.15, 0.2) is 47.8 Å². The van der Waals surface area contributed by atoms with E-state index in [1.54, 1.807) is 11.3 Å². The van der Waals surface area contributed by atoms with Crippen molar-refractivity contribution >= 4 is 17.2 Å². The second kappa shape index (κ2) is 6.36. The van der Waals surface area contributed by atoms with Crippen LogP contribution in [-0.4, -0.2) is 5.91 Å². The van der Waals surface area contributed by atoms with Crippen LogP contribution in [0.2, 0.25) is 0 Å². The van der Waals surface area contributed by atoms with Crippen LogP contribution in [0.25, 0.3) is 0 Å². The van der Waals surface area contributed by atoms with Crippen LogP contribution < -0.4 is 5.32 Å². The first-order valence-electron chi connectivity index (χ1n) is 6.09. The molecule has 0 radical (unpaired) electrons. The van der Waals surface area contributed by atoms with Crippen molar-refractivity contribution < 1.29 is 4.79 Å². The van der Waals surface area contributed by atoms with Gasteiger partial charge in [-0.05, 0) is 22.9 Å². The minimum absolute atomic E-state index is 0.111. The number of thiophene rings is 1. The van der Waals surface area contributed by atoms with Crippen LogP contribution in [0.3, 0.4) is 0 Å². The number of hydrogen-bond acceptors (Lipinski definition) is 2. The average molecular weight is 259 g/mol. The fourth-order valence-corrected chi connectivity index (χ4v) is 2.49. The zero-order valence-electron chi connectivity index (χ0n) is 10.4. The van der Waals surface area contributed by atoms with E-state index < -0.39 is 0 Å². The van der Waals surface area contributed by atoms with Gasteiger partial charge in [0.1, 0.15) is 0 Å². The van der Waals surface area contributed by atoms with Crippen molar-refractivity contribution in [3.63, 3.8) is 0 Å². The van der Waals surface area contributed by atoms with Gasteiger partial charge in [-0.3, -0.25) is 4.79 Å². The standard InChI is InChI=1S/C15H17NOS/c1-12(13-6-3-2-4-7-13)10-15(17)16-11-14-8-5-9-18-14/h2-9,12H,10-11H2,1H3,(H,16,17). The van der Waals surface area contributed by atoms with Crippen LogP contribution in [0, 0.1) is 0 Å². The van der Waals surface area contributed by atoms with E-state index in [0.717, 1.165) is 0 Å². The van der Waals surface area contributed by atoms with Gasteiger partial charge in [-0.1, -0.05) is 43.3 Å². The van der Waals surface area contributed by atoms with E-state index in [2.05, 4.69) is 24.4 Å². The number of benzene rings is 1. The molecule has 0 bridgehead atoms. The Morgan fingerprint density at radius 3 is 2.67 bits per heavy atom. The Labute approximate surface area is 112 Å². The van der Waals surface area contributed by atoms with E-state index in [-0.39, 0.29) is 11.8 Å². The molecule has 0 saturated carbocycles. The van der Waals surface area contributed by atoms with E-state index in [1.165, 1.54) is 10.4 Å². The predicted molar refractivity (Wildman–Crippen MR) is 75.6 cm³/mol. The van der Waals surface area contributed by atoms with Gasteiger partial charge in [-0.25, -0.2) is 0 Å². The van der Waals surface area contributed by atoms with E-state index in [4.69, 9.17) is 0 Å².